The first-order valence-corrected chi connectivity index (χ1v) is 13.1. The van der Waals surface area contributed by atoms with Gasteiger partial charge in [-0.25, -0.2) is 8.42 Å². The summed E-state index contributed by atoms with van der Waals surface area (Å²) in [4.78, 5) is 27.8. The Hall–Kier alpha value is -2.29. The third kappa shape index (κ3) is 7.91. The van der Waals surface area contributed by atoms with Gasteiger partial charge in [0, 0.05) is 22.6 Å². The fourth-order valence-electron chi connectivity index (χ4n) is 3.33. The molecule has 33 heavy (non-hydrogen) atoms. The van der Waals surface area contributed by atoms with Crippen LogP contribution >= 0.6 is 23.2 Å². The zero-order valence-corrected chi connectivity index (χ0v) is 21.4. The Balaban J connectivity index is 2.43. The van der Waals surface area contributed by atoms with Crippen LogP contribution in [0.5, 0.6) is 0 Å². The molecule has 2 rings (SSSR count). The van der Waals surface area contributed by atoms with Gasteiger partial charge in [0.2, 0.25) is 21.8 Å². The van der Waals surface area contributed by atoms with Crippen molar-refractivity contribution in [3.63, 3.8) is 0 Å². The van der Waals surface area contributed by atoms with Gasteiger partial charge in [0.15, 0.2) is 0 Å². The van der Waals surface area contributed by atoms with Crippen molar-refractivity contribution in [2.75, 3.05) is 17.1 Å². The molecule has 2 aromatic carbocycles. The van der Waals surface area contributed by atoms with Crippen LogP contribution in [0.15, 0.2) is 48.5 Å². The number of rotatable bonds is 10. The second-order valence-corrected chi connectivity index (χ2v) is 10.8. The van der Waals surface area contributed by atoms with E-state index in [1.807, 2.05) is 13.8 Å². The van der Waals surface area contributed by atoms with Gasteiger partial charge in [-0.05, 0) is 56.2 Å². The molecule has 2 aromatic rings. The van der Waals surface area contributed by atoms with Gasteiger partial charge in [0.1, 0.15) is 12.6 Å². The van der Waals surface area contributed by atoms with Crippen LogP contribution in [0, 0.1) is 0 Å². The lowest BCUT2D eigenvalue weighted by molar-refractivity contribution is -0.140. The van der Waals surface area contributed by atoms with Crippen LogP contribution in [0.25, 0.3) is 0 Å². The van der Waals surface area contributed by atoms with Gasteiger partial charge in [-0.15, -0.1) is 0 Å². The van der Waals surface area contributed by atoms with Crippen molar-refractivity contribution in [3.05, 3.63) is 64.1 Å². The van der Waals surface area contributed by atoms with E-state index in [9.17, 15) is 18.0 Å². The number of benzene rings is 2. The molecule has 0 bridgehead atoms. The number of sulfonamides is 1. The van der Waals surface area contributed by atoms with Crippen molar-refractivity contribution in [3.8, 4) is 0 Å². The number of carbonyl (C=O) groups excluding carboxylic acids is 2. The first-order valence-electron chi connectivity index (χ1n) is 10.5. The van der Waals surface area contributed by atoms with Crippen molar-refractivity contribution in [2.24, 2.45) is 0 Å². The summed E-state index contributed by atoms with van der Waals surface area (Å²) >= 11 is 12.0. The lowest BCUT2D eigenvalue weighted by Crippen LogP contribution is -2.53. The highest BCUT2D eigenvalue weighted by Gasteiger charge is 2.32. The second-order valence-electron chi connectivity index (χ2n) is 7.98. The van der Waals surface area contributed by atoms with E-state index in [-0.39, 0.29) is 24.2 Å². The summed E-state index contributed by atoms with van der Waals surface area (Å²) in [5.74, 6) is -0.815. The van der Waals surface area contributed by atoms with Crippen molar-refractivity contribution < 1.29 is 18.0 Å². The molecule has 0 saturated carbocycles. The predicted octanol–water partition coefficient (Wildman–Crippen LogP) is 4.09. The number of carbonyl (C=O) groups is 2. The molecule has 1 N–H and O–H groups in total. The average molecular weight is 514 g/mol. The molecule has 0 aliphatic heterocycles. The van der Waals surface area contributed by atoms with Crippen LogP contribution in [0.2, 0.25) is 10.0 Å². The van der Waals surface area contributed by atoms with Crippen LogP contribution < -0.4 is 9.62 Å². The van der Waals surface area contributed by atoms with Crippen LogP contribution in [-0.2, 0) is 26.2 Å². The summed E-state index contributed by atoms with van der Waals surface area (Å²) in [6.45, 7) is 5.12. The van der Waals surface area contributed by atoms with Crippen LogP contribution in [0.3, 0.4) is 0 Å². The van der Waals surface area contributed by atoms with Crippen molar-refractivity contribution in [1.82, 2.24) is 10.2 Å². The third-order valence-electron chi connectivity index (χ3n) is 4.86. The van der Waals surface area contributed by atoms with Gasteiger partial charge in [-0.2, -0.15) is 0 Å². The van der Waals surface area contributed by atoms with Gasteiger partial charge in [0.05, 0.1) is 11.9 Å². The van der Waals surface area contributed by atoms with Crippen molar-refractivity contribution in [2.45, 2.75) is 45.8 Å². The second kappa shape index (κ2) is 11.7. The molecular formula is C23H29Cl2N3O4S. The number of anilines is 1. The molecule has 0 heterocycles. The molecule has 180 valence electrons. The van der Waals surface area contributed by atoms with E-state index in [0.717, 1.165) is 16.1 Å². The standard InChI is InChI=1S/C23H29Cl2N3O4S/c1-5-21(23(30)26-16(2)3)27(14-17-9-11-18(24)12-10-17)22(29)15-28(33(4,31)32)20-8-6-7-19(25)13-20/h6-13,16,21H,5,14-15H2,1-4H3,(H,26,30). The Morgan fingerprint density at radius 1 is 1.03 bits per heavy atom. The molecule has 0 aliphatic rings. The predicted molar refractivity (Wildman–Crippen MR) is 133 cm³/mol. The van der Waals surface area contributed by atoms with Crippen LogP contribution in [0.4, 0.5) is 5.69 Å². The fraction of sp³-hybridized carbons (Fsp3) is 0.391. The zero-order valence-electron chi connectivity index (χ0n) is 19.1. The largest absolute Gasteiger partial charge is 0.352 e. The summed E-state index contributed by atoms with van der Waals surface area (Å²) in [5, 5.41) is 3.73. The maximum absolute atomic E-state index is 13.5. The topological polar surface area (TPSA) is 86.8 Å². The Morgan fingerprint density at radius 3 is 2.18 bits per heavy atom. The normalized spacial score (nSPS) is 12.3. The molecule has 0 radical (unpaired) electrons. The zero-order chi connectivity index (χ0) is 24.8. The quantitative estimate of drug-likeness (QED) is 0.518. The van der Waals surface area contributed by atoms with E-state index in [4.69, 9.17) is 23.2 Å². The fourth-order valence-corrected chi connectivity index (χ4v) is 4.48. The molecule has 0 aliphatic carbocycles. The van der Waals surface area contributed by atoms with E-state index >= 15 is 0 Å². The van der Waals surface area contributed by atoms with Gasteiger partial charge < -0.3 is 10.2 Å². The molecular weight excluding hydrogens is 485 g/mol. The first-order chi connectivity index (χ1) is 15.4. The molecule has 10 heteroatoms. The monoisotopic (exact) mass is 513 g/mol. The van der Waals surface area contributed by atoms with Gasteiger partial charge in [0.25, 0.3) is 0 Å². The number of halogens is 2. The van der Waals surface area contributed by atoms with Gasteiger partial charge in [-0.1, -0.05) is 48.3 Å². The van der Waals surface area contributed by atoms with Crippen molar-refractivity contribution in [1.29, 1.82) is 0 Å². The third-order valence-corrected chi connectivity index (χ3v) is 6.49. The molecule has 0 saturated heterocycles. The summed E-state index contributed by atoms with van der Waals surface area (Å²) in [6, 6.07) is 12.3. The Morgan fingerprint density at radius 2 is 1.67 bits per heavy atom. The highest BCUT2D eigenvalue weighted by atomic mass is 35.5. The molecule has 1 atom stereocenters. The van der Waals surface area contributed by atoms with Crippen LogP contribution in [-0.4, -0.2) is 50.0 Å². The van der Waals surface area contributed by atoms with E-state index in [2.05, 4.69) is 5.32 Å². The average Bonchev–Trinajstić information content (AvgIpc) is 2.71. The van der Waals surface area contributed by atoms with Gasteiger partial charge >= 0.3 is 0 Å². The maximum Gasteiger partial charge on any atom is 0.244 e. The minimum atomic E-state index is -3.80. The minimum Gasteiger partial charge on any atom is -0.352 e. The number of nitrogens with one attached hydrogen (secondary N) is 1. The lowest BCUT2D eigenvalue weighted by atomic mass is 10.1. The summed E-state index contributed by atoms with van der Waals surface area (Å²) < 4.78 is 26.1. The highest BCUT2D eigenvalue weighted by molar-refractivity contribution is 7.92. The summed E-state index contributed by atoms with van der Waals surface area (Å²) in [6.07, 6.45) is 1.38. The number of nitrogens with zero attached hydrogens (tertiary/aromatic N) is 2. The SMILES string of the molecule is CCC(C(=O)NC(C)C)N(Cc1ccc(Cl)cc1)C(=O)CN(c1cccc(Cl)c1)S(C)(=O)=O. The Labute approximate surface area is 205 Å². The lowest BCUT2D eigenvalue weighted by Gasteiger charge is -2.33. The van der Waals surface area contributed by atoms with Crippen molar-refractivity contribution >= 4 is 50.7 Å². The van der Waals surface area contributed by atoms with Gasteiger partial charge in [-0.3, -0.25) is 13.9 Å². The maximum atomic E-state index is 13.5. The molecule has 0 aromatic heterocycles. The number of hydrogen-bond donors (Lipinski definition) is 1. The minimum absolute atomic E-state index is 0.113. The molecule has 7 nitrogen and oxygen atoms in total. The summed E-state index contributed by atoms with van der Waals surface area (Å²) in [5.41, 5.74) is 1.03. The smallest absolute Gasteiger partial charge is 0.244 e. The Kier molecular flexibility index (Phi) is 9.57. The van der Waals surface area contributed by atoms with E-state index in [1.54, 1.807) is 49.4 Å². The molecule has 2 amide bonds. The van der Waals surface area contributed by atoms with Crippen LogP contribution in [0.1, 0.15) is 32.8 Å². The number of hydrogen-bond acceptors (Lipinski definition) is 4. The van der Waals surface area contributed by atoms with E-state index in [1.165, 1.54) is 11.0 Å². The molecule has 0 spiro atoms. The first kappa shape index (κ1) is 27.0. The van der Waals surface area contributed by atoms with E-state index < -0.39 is 28.5 Å². The number of amides is 2. The molecule has 0 fully saturated rings. The highest BCUT2D eigenvalue weighted by Crippen LogP contribution is 2.23. The summed E-state index contributed by atoms with van der Waals surface area (Å²) in [7, 11) is -3.80. The molecule has 1 unspecified atom stereocenters. The van der Waals surface area contributed by atoms with E-state index in [0.29, 0.717) is 16.5 Å². The Bertz CT molecular complexity index is 1080.